The van der Waals surface area contributed by atoms with Gasteiger partial charge in [-0.2, -0.15) is 4.98 Å². The lowest BCUT2D eigenvalue weighted by Gasteiger charge is -2.30. The molecule has 19 heavy (non-hydrogen) atoms. The van der Waals surface area contributed by atoms with Crippen molar-refractivity contribution < 1.29 is 4.74 Å². The molecule has 0 radical (unpaired) electrons. The van der Waals surface area contributed by atoms with Gasteiger partial charge in [0.25, 0.3) is 0 Å². The molecule has 1 N–H and O–H groups in total. The highest BCUT2D eigenvalue weighted by molar-refractivity contribution is 6.18. The molecule has 5 heteroatoms. The Morgan fingerprint density at radius 1 is 1.42 bits per heavy atom. The highest BCUT2D eigenvalue weighted by Gasteiger charge is 2.24. The second-order valence-corrected chi connectivity index (χ2v) is 5.64. The topological polar surface area (TPSA) is 47.0 Å². The highest BCUT2D eigenvalue weighted by Crippen LogP contribution is 2.27. The Morgan fingerprint density at radius 3 is 2.95 bits per heavy atom. The number of aromatic nitrogens is 2. The van der Waals surface area contributed by atoms with Crippen LogP contribution in [0.15, 0.2) is 12.3 Å². The van der Waals surface area contributed by atoms with E-state index in [0.717, 1.165) is 6.42 Å². The van der Waals surface area contributed by atoms with Crippen molar-refractivity contribution in [2.24, 2.45) is 5.92 Å². The van der Waals surface area contributed by atoms with Gasteiger partial charge in [0.2, 0.25) is 11.8 Å². The van der Waals surface area contributed by atoms with Crippen molar-refractivity contribution in [1.29, 1.82) is 0 Å². The van der Waals surface area contributed by atoms with Crippen LogP contribution in [-0.4, -0.2) is 28.0 Å². The Bertz CT molecular complexity index is 400. The number of nitrogens with one attached hydrogen (secondary N) is 1. The van der Waals surface area contributed by atoms with Crippen LogP contribution < -0.4 is 10.1 Å². The molecule has 1 heterocycles. The van der Waals surface area contributed by atoms with Gasteiger partial charge in [-0.25, -0.2) is 4.98 Å². The summed E-state index contributed by atoms with van der Waals surface area (Å²) in [5.41, 5.74) is 0. The molecule has 0 aromatic carbocycles. The maximum Gasteiger partial charge on any atom is 0.226 e. The molecule has 1 aromatic rings. The van der Waals surface area contributed by atoms with E-state index in [4.69, 9.17) is 16.3 Å². The van der Waals surface area contributed by atoms with E-state index < -0.39 is 0 Å². The van der Waals surface area contributed by atoms with E-state index in [2.05, 4.69) is 15.3 Å². The first-order valence-electron chi connectivity index (χ1n) is 7.01. The minimum Gasteiger partial charge on any atom is -0.475 e. The molecule has 1 fully saturated rings. The first-order chi connectivity index (χ1) is 9.19. The Morgan fingerprint density at radius 2 is 2.21 bits per heavy atom. The first kappa shape index (κ1) is 14.4. The largest absolute Gasteiger partial charge is 0.475 e. The molecule has 1 aliphatic carbocycles. The molecule has 0 amide bonds. The summed E-state index contributed by atoms with van der Waals surface area (Å²) in [6, 6.07) is 2.16. The third-order valence-corrected chi connectivity index (χ3v) is 3.80. The molecule has 106 valence electrons. The number of rotatable bonds is 5. The molecular weight excluding hydrogens is 262 g/mol. The normalized spacial score (nSPS) is 23.4. The van der Waals surface area contributed by atoms with Crippen molar-refractivity contribution in [2.75, 3.05) is 11.2 Å². The lowest BCUT2D eigenvalue weighted by Crippen LogP contribution is -2.33. The predicted molar refractivity (Wildman–Crippen MR) is 77.9 cm³/mol. The number of ether oxygens (including phenoxy) is 1. The van der Waals surface area contributed by atoms with Gasteiger partial charge >= 0.3 is 0 Å². The van der Waals surface area contributed by atoms with Crippen LogP contribution in [-0.2, 0) is 0 Å². The molecule has 2 unspecified atom stereocenters. The fraction of sp³-hybridized carbons (Fsp3) is 0.714. The smallest absolute Gasteiger partial charge is 0.226 e. The van der Waals surface area contributed by atoms with E-state index in [0.29, 0.717) is 29.7 Å². The number of nitrogens with zero attached hydrogens (tertiary/aromatic N) is 2. The Labute approximate surface area is 119 Å². The van der Waals surface area contributed by atoms with Crippen LogP contribution in [0.25, 0.3) is 0 Å². The average Bonchev–Trinajstić information content (AvgIpc) is 2.39. The summed E-state index contributed by atoms with van der Waals surface area (Å²) in [4.78, 5) is 8.65. The van der Waals surface area contributed by atoms with Gasteiger partial charge in [-0.05, 0) is 32.6 Å². The molecule has 2 rings (SSSR count). The van der Waals surface area contributed by atoms with Gasteiger partial charge in [0.15, 0.2) is 0 Å². The SMILES string of the molecule is CC(C)Oc1ccnc(NC2CCCCC2CCl)n1. The molecule has 4 nitrogen and oxygen atoms in total. The summed E-state index contributed by atoms with van der Waals surface area (Å²) in [5.74, 6) is 2.46. The summed E-state index contributed by atoms with van der Waals surface area (Å²) in [5, 5.41) is 3.41. The predicted octanol–water partition coefficient (Wildman–Crippen LogP) is 3.47. The van der Waals surface area contributed by atoms with Gasteiger partial charge in [-0.3, -0.25) is 0 Å². The van der Waals surface area contributed by atoms with Crippen LogP contribution in [0.4, 0.5) is 5.95 Å². The molecule has 1 saturated carbocycles. The maximum atomic E-state index is 6.04. The van der Waals surface area contributed by atoms with E-state index in [-0.39, 0.29) is 6.10 Å². The van der Waals surface area contributed by atoms with E-state index in [1.54, 1.807) is 12.3 Å². The minimum absolute atomic E-state index is 0.119. The van der Waals surface area contributed by atoms with Gasteiger partial charge in [0.1, 0.15) is 0 Å². The number of anilines is 1. The van der Waals surface area contributed by atoms with Crippen LogP contribution in [0, 0.1) is 5.92 Å². The molecule has 0 aliphatic heterocycles. The number of hydrogen-bond donors (Lipinski definition) is 1. The number of halogens is 1. The molecule has 0 spiro atoms. The van der Waals surface area contributed by atoms with Gasteiger partial charge in [0, 0.05) is 24.2 Å². The van der Waals surface area contributed by atoms with Crippen molar-refractivity contribution in [2.45, 2.75) is 51.7 Å². The molecule has 1 aliphatic rings. The standard InChI is InChI=1S/C14H22ClN3O/c1-10(2)19-13-7-8-16-14(18-13)17-12-6-4-3-5-11(12)9-15/h7-8,10-12H,3-6,9H2,1-2H3,(H,16,17,18). The number of alkyl halides is 1. The van der Waals surface area contributed by atoms with E-state index in [1.165, 1.54) is 19.3 Å². The van der Waals surface area contributed by atoms with E-state index in [1.807, 2.05) is 13.8 Å². The molecule has 2 atom stereocenters. The first-order valence-corrected chi connectivity index (χ1v) is 7.54. The Hall–Kier alpha value is -1.03. The third-order valence-electron chi connectivity index (χ3n) is 3.41. The maximum absolute atomic E-state index is 6.04. The van der Waals surface area contributed by atoms with Gasteiger partial charge < -0.3 is 10.1 Å². The third kappa shape index (κ3) is 4.23. The van der Waals surface area contributed by atoms with Crippen molar-refractivity contribution in [3.05, 3.63) is 12.3 Å². The van der Waals surface area contributed by atoms with Gasteiger partial charge in [0.05, 0.1) is 6.10 Å². The van der Waals surface area contributed by atoms with Crippen LogP contribution in [0.5, 0.6) is 5.88 Å². The molecule has 0 bridgehead atoms. The fourth-order valence-corrected chi connectivity index (χ4v) is 2.84. The van der Waals surface area contributed by atoms with E-state index >= 15 is 0 Å². The number of hydrogen-bond acceptors (Lipinski definition) is 4. The van der Waals surface area contributed by atoms with Crippen LogP contribution >= 0.6 is 11.6 Å². The minimum atomic E-state index is 0.119. The summed E-state index contributed by atoms with van der Waals surface area (Å²) >= 11 is 6.04. The second kappa shape index (κ2) is 6.94. The summed E-state index contributed by atoms with van der Waals surface area (Å²) in [6.45, 7) is 3.97. The van der Waals surface area contributed by atoms with Gasteiger partial charge in [-0.15, -0.1) is 11.6 Å². The molecular formula is C14H22ClN3O. The lowest BCUT2D eigenvalue weighted by atomic mass is 9.86. The zero-order chi connectivity index (χ0) is 13.7. The van der Waals surface area contributed by atoms with Crippen molar-refractivity contribution in [1.82, 2.24) is 9.97 Å². The second-order valence-electron chi connectivity index (χ2n) is 5.33. The van der Waals surface area contributed by atoms with Crippen molar-refractivity contribution >= 4 is 17.5 Å². The van der Waals surface area contributed by atoms with Crippen LogP contribution in [0.1, 0.15) is 39.5 Å². The van der Waals surface area contributed by atoms with Gasteiger partial charge in [-0.1, -0.05) is 12.8 Å². The van der Waals surface area contributed by atoms with Crippen LogP contribution in [0.3, 0.4) is 0 Å². The van der Waals surface area contributed by atoms with E-state index in [9.17, 15) is 0 Å². The molecule has 0 saturated heterocycles. The average molecular weight is 284 g/mol. The Kier molecular flexibility index (Phi) is 5.25. The fourth-order valence-electron chi connectivity index (χ4n) is 2.47. The Balaban J connectivity index is 2.01. The summed E-state index contributed by atoms with van der Waals surface area (Å²) in [6.07, 6.45) is 6.68. The van der Waals surface area contributed by atoms with Crippen LogP contribution in [0.2, 0.25) is 0 Å². The quantitative estimate of drug-likeness (QED) is 0.841. The van der Waals surface area contributed by atoms with Crippen molar-refractivity contribution in [3.63, 3.8) is 0 Å². The zero-order valence-electron chi connectivity index (χ0n) is 11.6. The zero-order valence-corrected chi connectivity index (χ0v) is 12.4. The lowest BCUT2D eigenvalue weighted by molar-refractivity contribution is 0.232. The summed E-state index contributed by atoms with van der Waals surface area (Å²) < 4.78 is 5.58. The van der Waals surface area contributed by atoms with Crippen molar-refractivity contribution in [3.8, 4) is 5.88 Å². The highest BCUT2D eigenvalue weighted by atomic mass is 35.5. The summed E-state index contributed by atoms with van der Waals surface area (Å²) in [7, 11) is 0. The monoisotopic (exact) mass is 283 g/mol. The molecule has 1 aromatic heterocycles.